The Balaban J connectivity index is 0.00000288. The molecule has 1 unspecified atom stereocenters. The van der Waals surface area contributed by atoms with Gasteiger partial charge in [0.05, 0.1) is 19.2 Å². The monoisotopic (exact) mass is 355 g/mol. The Hall–Kier alpha value is -1.30. The van der Waals surface area contributed by atoms with E-state index in [1.54, 1.807) is 0 Å². The van der Waals surface area contributed by atoms with Crippen molar-refractivity contribution in [3.05, 3.63) is 29.8 Å². The number of ether oxygens (including phenoxy) is 1. The van der Waals surface area contributed by atoms with Gasteiger partial charge in [-0.3, -0.25) is 9.69 Å². The Morgan fingerprint density at radius 2 is 2.17 bits per heavy atom. The lowest BCUT2D eigenvalue weighted by Gasteiger charge is -2.33. The molecule has 2 N–H and O–H groups in total. The van der Waals surface area contributed by atoms with Gasteiger partial charge < -0.3 is 15.4 Å². The number of hydrogen-bond donors (Lipinski definition) is 2. The third-order valence-corrected chi connectivity index (χ3v) is 4.32. The molecule has 1 fully saturated rings. The molecule has 1 aliphatic rings. The van der Waals surface area contributed by atoms with Gasteiger partial charge in [-0.25, -0.2) is 0 Å². The standard InChI is InChI=1S/C18H29N3O2.ClH/c1-4-16(15-8-6-7-9-17(15)23-5-2)20-18(22)13-21-11-10-19-12-14(21)3;/h6-9,14,16,19H,4-5,10-13H2,1-3H3,(H,20,22);1H/t14-,16?;/m1./s1. The van der Waals surface area contributed by atoms with E-state index in [1.165, 1.54) is 0 Å². The number of benzene rings is 1. The van der Waals surface area contributed by atoms with Crippen molar-refractivity contribution in [2.45, 2.75) is 39.3 Å². The van der Waals surface area contributed by atoms with Crippen LogP contribution in [0.15, 0.2) is 24.3 Å². The van der Waals surface area contributed by atoms with Crippen molar-refractivity contribution in [3.8, 4) is 5.75 Å². The summed E-state index contributed by atoms with van der Waals surface area (Å²) in [4.78, 5) is 14.7. The Labute approximate surface area is 151 Å². The lowest BCUT2D eigenvalue weighted by molar-refractivity contribution is -0.123. The van der Waals surface area contributed by atoms with Gasteiger partial charge in [-0.2, -0.15) is 0 Å². The van der Waals surface area contributed by atoms with Crippen LogP contribution in [0, 0.1) is 0 Å². The molecule has 0 radical (unpaired) electrons. The number of rotatable bonds is 7. The first kappa shape index (κ1) is 20.7. The van der Waals surface area contributed by atoms with Crippen molar-refractivity contribution in [3.63, 3.8) is 0 Å². The zero-order valence-electron chi connectivity index (χ0n) is 14.9. The number of carbonyl (C=O) groups excluding carboxylic acids is 1. The first-order valence-corrected chi connectivity index (χ1v) is 8.61. The van der Waals surface area contributed by atoms with Gasteiger partial charge in [0.15, 0.2) is 0 Å². The van der Waals surface area contributed by atoms with Gasteiger partial charge in [0, 0.05) is 31.2 Å². The van der Waals surface area contributed by atoms with Crippen molar-refractivity contribution < 1.29 is 9.53 Å². The Morgan fingerprint density at radius 1 is 1.42 bits per heavy atom. The fourth-order valence-electron chi connectivity index (χ4n) is 3.00. The zero-order valence-corrected chi connectivity index (χ0v) is 15.7. The third-order valence-electron chi connectivity index (χ3n) is 4.32. The van der Waals surface area contributed by atoms with Crippen molar-refractivity contribution in [1.82, 2.24) is 15.5 Å². The molecule has 0 aromatic heterocycles. The summed E-state index contributed by atoms with van der Waals surface area (Å²) in [5.41, 5.74) is 1.05. The van der Waals surface area contributed by atoms with Crippen LogP contribution in [0.4, 0.5) is 0 Å². The number of halogens is 1. The maximum absolute atomic E-state index is 12.5. The minimum atomic E-state index is -0.0107. The highest BCUT2D eigenvalue weighted by Gasteiger charge is 2.22. The molecule has 0 aliphatic carbocycles. The zero-order chi connectivity index (χ0) is 16.7. The Kier molecular flexibility index (Phi) is 9.11. The van der Waals surface area contributed by atoms with E-state index in [0.717, 1.165) is 37.4 Å². The van der Waals surface area contributed by atoms with Crippen LogP contribution >= 0.6 is 12.4 Å². The molecular weight excluding hydrogens is 326 g/mol. The summed E-state index contributed by atoms with van der Waals surface area (Å²) in [6.07, 6.45) is 0.840. The molecule has 2 atom stereocenters. The predicted octanol–water partition coefficient (Wildman–Crippen LogP) is 2.37. The molecule has 5 nitrogen and oxygen atoms in total. The summed E-state index contributed by atoms with van der Waals surface area (Å²) < 4.78 is 5.70. The van der Waals surface area contributed by atoms with E-state index in [2.05, 4.69) is 29.4 Å². The molecule has 24 heavy (non-hydrogen) atoms. The molecule has 0 spiro atoms. The van der Waals surface area contributed by atoms with E-state index < -0.39 is 0 Å². The smallest absolute Gasteiger partial charge is 0.234 e. The molecule has 1 heterocycles. The van der Waals surface area contributed by atoms with Gasteiger partial charge in [0.2, 0.25) is 5.91 Å². The minimum absolute atomic E-state index is 0. The molecule has 1 amide bonds. The predicted molar refractivity (Wildman–Crippen MR) is 99.9 cm³/mol. The lowest BCUT2D eigenvalue weighted by Crippen LogP contribution is -2.52. The second-order valence-corrected chi connectivity index (χ2v) is 6.02. The second-order valence-electron chi connectivity index (χ2n) is 6.02. The van der Waals surface area contributed by atoms with Gasteiger partial charge in [-0.05, 0) is 26.3 Å². The van der Waals surface area contributed by atoms with E-state index in [0.29, 0.717) is 19.2 Å². The number of amides is 1. The molecular formula is C18H30ClN3O2. The van der Waals surface area contributed by atoms with E-state index in [-0.39, 0.29) is 24.4 Å². The fraction of sp³-hybridized carbons (Fsp3) is 0.611. The van der Waals surface area contributed by atoms with E-state index in [4.69, 9.17) is 4.74 Å². The van der Waals surface area contributed by atoms with Crippen LogP contribution in [-0.2, 0) is 4.79 Å². The molecule has 2 rings (SSSR count). The number of nitrogens with zero attached hydrogens (tertiary/aromatic N) is 1. The van der Waals surface area contributed by atoms with Crippen LogP contribution in [0.5, 0.6) is 5.75 Å². The molecule has 1 saturated heterocycles. The quantitative estimate of drug-likeness (QED) is 0.788. The average Bonchev–Trinajstić information content (AvgIpc) is 2.56. The highest BCUT2D eigenvalue weighted by Crippen LogP contribution is 2.27. The molecule has 1 aromatic carbocycles. The first-order chi connectivity index (χ1) is 11.2. The molecule has 1 aliphatic heterocycles. The van der Waals surface area contributed by atoms with Crippen molar-refractivity contribution >= 4 is 18.3 Å². The normalized spacial score (nSPS) is 19.2. The van der Waals surface area contributed by atoms with Crippen LogP contribution < -0.4 is 15.4 Å². The summed E-state index contributed by atoms with van der Waals surface area (Å²) in [7, 11) is 0. The number of para-hydroxylation sites is 1. The number of nitrogens with one attached hydrogen (secondary N) is 2. The van der Waals surface area contributed by atoms with E-state index in [9.17, 15) is 4.79 Å². The topological polar surface area (TPSA) is 53.6 Å². The molecule has 6 heteroatoms. The van der Waals surface area contributed by atoms with Crippen molar-refractivity contribution in [1.29, 1.82) is 0 Å². The maximum Gasteiger partial charge on any atom is 0.234 e. The second kappa shape index (κ2) is 10.5. The summed E-state index contributed by atoms with van der Waals surface area (Å²) in [6, 6.07) is 8.34. The fourth-order valence-corrected chi connectivity index (χ4v) is 3.00. The van der Waals surface area contributed by atoms with Crippen LogP contribution in [-0.4, -0.2) is 49.6 Å². The van der Waals surface area contributed by atoms with Gasteiger partial charge in [0.25, 0.3) is 0 Å². The van der Waals surface area contributed by atoms with Crippen molar-refractivity contribution in [2.75, 3.05) is 32.8 Å². The Morgan fingerprint density at radius 3 is 2.83 bits per heavy atom. The van der Waals surface area contributed by atoms with E-state index >= 15 is 0 Å². The summed E-state index contributed by atoms with van der Waals surface area (Å²) in [5.74, 6) is 0.939. The lowest BCUT2D eigenvalue weighted by atomic mass is 10.0. The highest BCUT2D eigenvalue weighted by atomic mass is 35.5. The van der Waals surface area contributed by atoms with Crippen LogP contribution in [0.1, 0.15) is 38.8 Å². The van der Waals surface area contributed by atoms with Gasteiger partial charge in [-0.15, -0.1) is 12.4 Å². The summed E-state index contributed by atoms with van der Waals surface area (Å²) in [6.45, 7) is 10.1. The average molecular weight is 356 g/mol. The maximum atomic E-state index is 12.5. The number of hydrogen-bond acceptors (Lipinski definition) is 4. The van der Waals surface area contributed by atoms with E-state index in [1.807, 2.05) is 31.2 Å². The molecule has 1 aromatic rings. The highest BCUT2D eigenvalue weighted by molar-refractivity contribution is 5.85. The van der Waals surface area contributed by atoms with Gasteiger partial charge in [-0.1, -0.05) is 25.1 Å². The third kappa shape index (κ3) is 5.65. The molecule has 0 saturated carbocycles. The van der Waals surface area contributed by atoms with Crippen LogP contribution in [0.2, 0.25) is 0 Å². The number of carbonyl (C=O) groups is 1. The van der Waals surface area contributed by atoms with Crippen molar-refractivity contribution in [2.24, 2.45) is 0 Å². The SMILES string of the molecule is CCOc1ccccc1C(CC)NC(=O)CN1CCNC[C@H]1C.Cl. The largest absolute Gasteiger partial charge is 0.494 e. The molecule has 136 valence electrons. The summed E-state index contributed by atoms with van der Waals surface area (Å²) in [5, 5.41) is 6.52. The number of piperazine rings is 1. The first-order valence-electron chi connectivity index (χ1n) is 8.61. The van der Waals surface area contributed by atoms with Crippen LogP contribution in [0.25, 0.3) is 0 Å². The Bertz CT molecular complexity index is 513. The van der Waals surface area contributed by atoms with Crippen LogP contribution in [0.3, 0.4) is 0 Å². The summed E-state index contributed by atoms with van der Waals surface area (Å²) >= 11 is 0. The minimum Gasteiger partial charge on any atom is -0.494 e. The molecule has 0 bridgehead atoms. The van der Waals surface area contributed by atoms with Gasteiger partial charge >= 0.3 is 0 Å². The van der Waals surface area contributed by atoms with Gasteiger partial charge in [0.1, 0.15) is 5.75 Å².